The predicted octanol–water partition coefficient (Wildman–Crippen LogP) is 3.28. The second kappa shape index (κ2) is 8.10. The molecule has 0 amide bonds. The van der Waals surface area contributed by atoms with Crippen LogP contribution in [0.5, 0.6) is 0 Å². The van der Waals surface area contributed by atoms with E-state index in [0.29, 0.717) is 6.04 Å². The highest BCUT2D eigenvalue weighted by molar-refractivity contribution is 4.79. The summed E-state index contributed by atoms with van der Waals surface area (Å²) in [5.74, 6) is 0.872. The van der Waals surface area contributed by atoms with Crippen molar-refractivity contribution in [1.82, 2.24) is 10.2 Å². The van der Waals surface area contributed by atoms with Gasteiger partial charge in [0, 0.05) is 18.6 Å². The van der Waals surface area contributed by atoms with Crippen LogP contribution in [0.3, 0.4) is 0 Å². The quantitative estimate of drug-likeness (QED) is 0.735. The van der Waals surface area contributed by atoms with Gasteiger partial charge < -0.3 is 10.2 Å². The molecule has 0 aromatic rings. The maximum Gasteiger partial charge on any atom is 0.00926 e. The van der Waals surface area contributed by atoms with Gasteiger partial charge in [-0.05, 0) is 44.7 Å². The molecule has 1 aliphatic heterocycles. The number of nitrogens with one attached hydrogen (secondary N) is 1. The summed E-state index contributed by atoms with van der Waals surface area (Å²) in [7, 11) is 0. The summed E-state index contributed by atoms with van der Waals surface area (Å²) in [6.45, 7) is 13.0. The number of hydrogen-bond donors (Lipinski definition) is 1. The zero-order valence-electron chi connectivity index (χ0n) is 12.3. The maximum absolute atomic E-state index is 3.60. The topological polar surface area (TPSA) is 15.3 Å². The van der Waals surface area contributed by atoms with E-state index in [-0.39, 0.29) is 0 Å². The van der Waals surface area contributed by atoms with Gasteiger partial charge in [0.1, 0.15) is 0 Å². The average molecular weight is 240 g/mol. The molecule has 2 heteroatoms. The van der Waals surface area contributed by atoms with Crippen molar-refractivity contribution in [3.63, 3.8) is 0 Å². The van der Waals surface area contributed by atoms with Crippen LogP contribution in [-0.4, -0.2) is 36.6 Å². The Morgan fingerprint density at radius 3 is 2.65 bits per heavy atom. The molecule has 1 heterocycles. The van der Waals surface area contributed by atoms with E-state index in [9.17, 15) is 0 Å². The maximum atomic E-state index is 3.60. The van der Waals surface area contributed by atoms with Crippen molar-refractivity contribution in [2.45, 2.75) is 71.9 Å². The first kappa shape index (κ1) is 15.0. The highest BCUT2D eigenvalue weighted by Crippen LogP contribution is 2.21. The molecule has 0 aliphatic carbocycles. The molecule has 0 radical (unpaired) electrons. The molecule has 0 bridgehead atoms. The van der Waals surface area contributed by atoms with Crippen LogP contribution in [0.25, 0.3) is 0 Å². The third-order valence-electron chi connectivity index (χ3n) is 3.97. The van der Waals surface area contributed by atoms with E-state index >= 15 is 0 Å². The Bertz CT molecular complexity index is 191. The summed E-state index contributed by atoms with van der Waals surface area (Å²) < 4.78 is 0. The first-order valence-electron chi connectivity index (χ1n) is 7.64. The Morgan fingerprint density at radius 2 is 2.06 bits per heavy atom. The Hall–Kier alpha value is -0.0800. The van der Waals surface area contributed by atoms with E-state index in [0.717, 1.165) is 12.0 Å². The monoisotopic (exact) mass is 240 g/mol. The number of piperidine rings is 1. The van der Waals surface area contributed by atoms with Crippen LogP contribution in [0.2, 0.25) is 0 Å². The molecular formula is C15H32N2. The predicted molar refractivity (Wildman–Crippen MR) is 76.4 cm³/mol. The minimum atomic E-state index is 0.628. The lowest BCUT2D eigenvalue weighted by atomic mass is 9.94. The third-order valence-corrected chi connectivity index (χ3v) is 3.97. The Labute approximate surface area is 108 Å². The SMILES string of the molecule is CCCC(CC)N1CCCC(CNC(C)C)C1. The van der Waals surface area contributed by atoms with Crippen molar-refractivity contribution in [1.29, 1.82) is 0 Å². The molecule has 1 rings (SSSR count). The number of rotatable bonds is 7. The van der Waals surface area contributed by atoms with Gasteiger partial charge in [0.2, 0.25) is 0 Å². The fourth-order valence-electron chi connectivity index (χ4n) is 2.98. The third kappa shape index (κ3) is 5.39. The van der Waals surface area contributed by atoms with Crippen LogP contribution >= 0.6 is 0 Å². The van der Waals surface area contributed by atoms with E-state index in [4.69, 9.17) is 0 Å². The summed E-state index contributed by atoms with van der Waals surface area (Å²) in [5.41, 5.74) is 0. The van der Waals surface area contributed by atoms with Crippen molar-refractivity contribution in [2.75, 3.05) is 19.6 Å². The van der Waals surface area contributed by atoms with Gasteiger partial charge in [-0.1, -0.05) is 34.1 Å². The summed E-state index contributed by atoms with van der Waals surface area (Å²) in [4.78, 5) is 2.75. The summed E-state index contributed by atoms with van der Waals surface area (Å²) in [6, 6.07) is 1.46. The van der Waals surface area contributed by atoms with Crippen molar-refractivity contribution in [3.05, 3.63) is 0 Å². The molecule has 1 saturated heterocycles. The van der Waals surface area contributed by atoms with Crippen molar-refractivity contribution in [3.8, 4) is 0 Å². The lowest BCUT2D eigenvalue weighted by Gasteiger charge is -2.38. The fourth-order valence-corrected chi connectivity index (χ4v) is 2.98. The molecule has 1 fully saturated rings. The molecule has 0 aromatic carbocycles. The van der Waals surface area contributed by atoms with E-state index in [1.165, 1.54) is 51.7 Å². The van der Waals surface area contributed by atoms with Gasteiger partial charge in [0.05, 0.1) is 0 Å². The van der Waals surface area contributed by atoms with Gasteiger partial charge in [-0.2, -0.15) is 0 Å². The van der Waals surface area contributed by atoms with Gasteiger partial charge in [-0.25, -0.2) is 0 Å². The van der Waals surface area contributed by atoms with E-state index in [1.54, 1.807) is 0 Å². The van der Waals surface area contributed by atoms with Gasteiger partial charge in [-0.3, -0.25) is 0 Å². The summed E-state index contributed by atoms with van der Waals surface area (Å²) in [6.07, 6.45) is 6.83. The molecule has 17 heavy (non-hydrogen) atoms. The van der Waals surface area contributed by atoms with Crippen LogP contribution in [0.15, 0.2) is 0 Å². The normalized spacial score (nSPS) is 24.2. The molecule has 2 nitrogen and oxygen atoms in total. The van der Waals surface area contributed by atoms with E-state index in [1.807, 2.05) is 0 Å². The van der Waals surface area contributed by atoms with Gasteiger partial charge >= 0.3 is 0 Å². The number of nitrogens with zero attached hydrogens (tertiary/aromatic N) is 1. The molecule has 1 aliphatic rings. The standard InChI is InChI=1S/C15H32N2/c1-5-8-15(6-2)17-10-7-9-14(12-17)11-16-13(3)4/h13-16H,5-12H2,1-4H3. The van der Waals surface area contributed by atoms with Crippen molar-refractivity contribution < 1.29 is 0 Å². The Morgan fingerprint density at radius 1 is 1.29 bits per heavy atom. The number of hydrogen-bond acceptors (Lipinski definition) is 2. The highest BCUT2D eigenvalue weighted by Gasteiger charge is 2.24. The molecule has 2 unspecified atom stereocenters. The molecule has 102 valence electrons. The molecular weight excluding hydrogens is 208 g/mol. The molecule has 0 saturated carbocycles. The second-order valence-electron chi connectivity index (χ2n) is 5.92. The molecule has 0 spiro atoms. The Balaban J connectivity index is 2.36. The van der Waals surface area contributed by atoms with Crippen LogP contribution < -0.4 is 5.32 Å². The zero-order valence-corrected chi connectivity index (χ0v) is 12.3. The lowest BCUT2D eigenvalue weighted by molar-refractivity contribution is 0.112. The number of likely N-dealkylation sites (tertiary alicyclic amines) is 1. The highest BCUT2D eigenvalue weighted by atomic mass is 15.2. The minimum Gasteiger partial charge on any atom is -0.314 e. The largest absolute Gasteiger partial charge is 0.314 e. The summed E-state index contributed by atoms with van der Waals surface area (Å²) >= 11 is 0. The fraction of sp³-hybridized carbons (Fsp3) is 1.00. The van der Waals surface area contributed by atoms with E-state index in [2.05, 4.69) is 37.9 Å². The van der Waals surface area contributed by atoms with Crippen molar-refractivity contribution in [2.24, 2.45) is 5.92 Å². The minimum absolute atomic E-state index is 0.628. The van der Waals surface area contributed by atoms with E-state index < -0.39 is 0 Å². The molecule has 1 N–H and O–H groups in total. The van der Waals surface area contributed by atoms with Crippen LogP contribution in [0.4, 0.5) is 0 Å². The average Bonchev–Trinajstić information content (AvgIpc) is 2.34. The smallest absolute Gasteiger partial charge is 0.00926 e. The summed E-state index contributed by atoms with van der Waals surface area (Å²) in [5, 5.41) is 3.60. The van der Waals surface area contributed by atoms with Crippen LogP contribution in [0, 0.1) is 5.92 Å². The Kier molecular flexibility index (Phi) is 7.14. The lowest BCUT2D eigenvalue weighted by Crippen LogP contribution is -2.45. The van der Waals surface area contributed by atoms with Gasteiger partial charge in [-0.15, -0.1) is 0 Å². The first-order chi connectivity index (χ1) is 8.17. The molecule has 2 atom stereocenters. The zero-order chi connectivity index (χ0) is 12.7. The van der Waals surface area contributed by atoms with Crippen molar-refractivity contribution >= 4 is 0 Å². The second-order valence-corrected chi connectivity index (χ2v) is 5.92. The van der Waals surface area contributed by atoms with Crippen LogP contribution in [-0.2, 0) is 0 Å². The van der Waals surface area contributed by atoms with Gasteiger partial charge in [0.25, 0.3) is 0 Å². The van der Waals surface area contributed by atoms with Gasteiger partial charge in [0.15, 0.2) is 0 Å². The first-order valence-corrected chi connectivity index (χ1v) is 7.64. The molecule has 0 aromatic heterocycles. The van der Waals surface area contributed by atoms with Crippen LogP contribution in [0.1, 0.15) is 59.8 Å².